The van der Waals surface area contributed by atoms with Crippen molar-refractivity contribution in [3.8, 4) is 0 Å². The minimum Gasteiger partial charge on any atom is -0.390 e. The number of thioether (sulfide) groups is 1. The Balaban J connectivity index is 1.96. The van der Waals surface area contributed by atoms with Crippen molar-refractivity contribution in [2.24, 2.45) is 5.92 Å². The monoisotopic (exact) mass is 186 g/mol. The Kier molecular flexibility index (Phi) is 2.66. The van der Waals surface area contributed by atoms with Crippen molar-refractivity contribution >= 4 is 11.8 Å². The lowest BCUT2D eigenvalue weighted by atomic mass is 9.84. The Labute approximate surface area is 78.9 Å². The first-order valence-electron chi connectivity index (χ1n) is 5.11. The molecule has 1 saturated heterocycles. The van der Waals surface area contributed by atoms with Crippen LogP contribution in [0.3, 0.4) is 0 Å². The van der Waals surface area contributed by atoms with Gasteiger partial charge in [0, 0.05) is 0 Å². The van der Waals surface area contributed by atoms with Gasteiger partial charge in [0.15, 0.2) is 0 Å². The highest BCUT2D eigenvalue weighted by molar-refractivity contribution is 7.99. The van der Waals surface area contributed by atoms with Crippen LogP contribution in [0.5, 0.6) is 0 Å². The summed E-state index contributed by atoms with van der Waals surface area (Å²) in [6.07, 6.45) is 7.22. The van der Waals surface area contributed by atoms with Crippen LogP contribution in [0, 0.1) is 5.92 Å². The van der Waals surface area contributed by atoms with E-state index in [0.29, 0.717) is 5.92 Å². The van der Waals surface area contributed by atoms with Gasteiger partial charge in [-0.15, -0.1) is 0 Å². The maximum atomic E-state index is 10.3. The second-order valence-corrected chi connectivity index (χ2v) is 5.37. The van der Waals surface area contributed by atoms with E-state index < -0.39 is 0 Å². The van der Waals surface area contributed by atoms with E-state index in [1.165, 1.54) is 37.2 Å². The maximum Gasteiger partial charge on any atom is 0.0683 e. The summed E-state index contributed by atoms with van der Waals surface area (Å²) in [7, 11) is 0. The fraction of sp³-hybridized carbons (Fsp3) is 1.00. The maximum absolute atomic E-state index is 10.3. The third-order valence-electron chi connectivity index (χ3n) is 3.39. The van der Waals surface area contributed by atoms with Gasteiger partial charge in [0.25, 0.3) is 0 Å². The Morgan fingerprint density at radius 1 is 1.17 bits per heavy atom. The van der Waals surface area contributed by atoms with Gasteiger partial charge in [0.1, 0.15) is 0 Å². The molecule has 0 amide bonds. The van der Waals surface area contributed by atoms with E-state index in [1.54, 1.807) is 0 Å². The molecule has 0 aromatic heterocycles. The molecular weight excluding hydrogens is 168 g/mol. The largest absolute Gasteiger partial charge is 0.390 e. The summed E-state index contributed by atoms with van der Waals surface area (Å²) in [5.74, 6) is 3.13. The average molecular weight is 186 g/mol. The molecule has 1 nitrogen and oxygen atoms in total. The van der Waals surface area contributed by atoms with Crippen molar-refractivity contribution in [3.63, 3.8) is 0 Å². The SMILES string of the molecule is OC1(C2CCCSC2)CCCC1. The van der Waals surface area contributed by atoms with Gasteiger partial charge in [0.05, 0.1) is 5.60 Å². The van der Waals surface area contributed by atoms with Crippen LogP contribution in [0.25, 0.3) is 0 Å². The molecule has 0 spiro atoms. The van der Waals surface area contributed by atoms with Crippen molar-refractivity contribution in [2.45, 2.75) is 44.1 Å². The van der Waals surface area contributed by atoms with Crippen LogP contribution in [0.1, 0.15) is 38.5 Å². The Morgan fingerprint density at radius 3 is 2.50 bits per heavy atom. The van der Waals surface area contributed by atoms with E-state index in [4.69, 9.17) is 0 Å². The van der Waals surface area contributed by atoms with E-state index in [1.807, 2.05) is 11.8 Å². The molecule has 1 aliphatic heterocycles. The zero-order valence-corrected chi connectivity index (χ0v) is 8.41. The molecule has 2 heteroatoms. The Morgan fingerprint density at radius 2 is 1.92 bits per heavy atom. The van der Waals surface area contributed by atoms with Gasteiger partial charge in [0.2, 0.25) is 0 Å². The van der Waals surface area contributed by atoms with Crippen molar-refractivity contribution in [2.75, 3.05) is 11.5 Å². The molecule has 1 saturated carbocycles. The molecule has 0 aromatic carbocycles. The van der Waals surface area contributed by atoms with Crippen molar-refractivity contribution in [3.05, 3.63) is 0 Å². The first kappa shape index (κ1) is 8.89. The number of rotatable bonds is 1. The van der Waals surface area contributed by atoms with Crippen molar-refractivity contribution in [1.82, 2.24) is 0 Å². The fourth-order valence-electron chi connectivity index (χ4n) is 2.56. The lowest BCUT2D eigenvalue weighted by Gasteiger charge is -2.35. The zero-order chi connectivity index (χ0) is 8.44. The highest BCUT2D eigenvalue weighted by atomic mass is 32.2. The Bertz CT molecular complexity index is 146. The lowest BCUT2D eigenvalue weighted by Crippen LogP contribution is -2.37. The normalized spacial score (nSPS) is 35.2. The zero-order valence-electron chi connectivity index (χ0n) is 7.59. The van der Waals surface area contributed by atoms with Crippen LogP contribution < -0.4 is 0 Å². The van der Waals surface area contributed by atoms with Gasteiger partial charge >= 0.3 is 0 Å². The van der Waals surface area contributed by atoms with E-state index >= 15 is 0 Å². The number of aliphatic hydroxyl groups is 1. The van der Waals surface area contributed by atoms with Crippen LogP contribution in [0.2, 0.25) is 0 Å². The molecule has 1 atom stereocenters. The molecule has 0 bridgehead atoms. The topological polar surface area (TPSA) is 20.2 Å². The van der Waals surface area contributed by atoms with E-state index in [9.17, 15) is 5.11 Å². The van der Waals surface area contributed by atoms with E-state index in [2.05, 4.69) is 0 Å². The Hall–Kier alpha value is 0.310. The highest BCUT2D eigenvalue weighted by Gasteiger charge is 2.39. The third kappa shape index (κ3) is 1.64. The van der Waals surface area contributed by atoms with Crippen LogP contribution in [0.4, 0.5) is 0 Å². The molecule has 1 heterocycles. The number of hydrogen-bond donors (Lipinski definition) is 1. The minimum atomic E-state index is -0.257. The molecule has 12 heavy (non-hydrogen) atoms. The molecular formula is C10H18OS. The van der Waals surface area contributed by atoms with Gasteiger partial charge in [-0.2, -0.15) is 11.8 Å². The summed E-state index contributed by atoms with van der Waals surface area (Å²) < 4.78 is 0. The molecule has 1 N–H and O–H groups in total. The molecule has 0 aromatic rings. The van der Waals surface area contributed by atoms with Crippen LogP contribution in [-0.4, -0.2) is 22.2 Å². The molecule has 2 aliphatic rings. The second-order valence-electron chi connectivity index (χ2n) is 4.22. The fourth-order valence-corrected chi connectivity index (χ4v) is 3.86. The molecule has 1 unspecified atom stereocenters. The van der Waals surface area contributed by atoms with Crippen molar-refractivity contribution < 1.29 is 5.11 Å². The second kappa shape index (κ2) is 3.59. The molecule has 70 valence electrons. The van der Waals surface area contributed by atoms with Crippen LogP contribution in [-0.2, 0) is 0 Å². The molecule has 2 fully saturated rings. The molecule has 0 radical (unpaired) electrons. The molecule has 1 aliphatic carbocycles. The first-order valence-corrected chi connectivity index (χ1v) is 6.27. The summed E-state index contributed by atoms with van der Waals surface area (Å²) in [6, 6.07) is 0. The molecule has 2 rings (SSSR count). The lowest BCUT2D eigenvalue weighted by molar-refractivity contribution is -0.00746. The van der Waals surface area contributed by atoms with Gasteiger partial charge in [-0.25, -0.2) is 0 Å². The number of hydrogen-bond acceptors (Lipinski definition) is 2. The van der Waals surface area contributed by atoms with E-state index in [0.717, 1.165) is 12.8 Å². The van der Waals surface area contributed by atoms with Gasteiger partial charge in [-0.1, -0.05) is 12.8 Å². The van der Waals surface area contributed by atoms with Gasteiger partial charge in [-0.05, 0) is 43.1 Å². The summed E-state index contributed by atoms with van der Waals surface area (Å²) >= 11 is 2.03. The quantitative estimate of drug-likeness (QED) is 0.678. The summed E-state index contributed by atoms with van der Waals surface area (Å²) in [6.45, 7) is 0. The highest BCUT2D eigenvalue weighted by Crippen LogP contribution is 2.41. The van der Waals surface area contributed by atoms with Gasteiger partial charge in [-0.3, -0.25) is 0 Å². The average Bonchev–Trinajstić information content (AvgIpc) is 2.55. The predicted octanol–water partition coefficient (Wildman–Crippen LogP) is 2.43. The third-order valence-corrected chi connectivity index (χ3v) is 4.61. The van der Waals surface area contributed by atoms with E-state index in [-0.39, 0.29) is 5.60 Å². The van der Waals surface area contributed by atoms with Crippen LogP contribution in [0.15, 0.2) is 0 Å². The minimum absolute atomic E-state index is 0.257. The van der Waals surface area contributed by atoms with Gasteiger partial charge < -0.3 is 5.11 Å². The van der Waals surface area contributed by atoms with Crippen molar-refractivity contribution in [1.29, 1.82) is 0 Å². The standard InChI is InChI=1S/C10H18OS/c11-10(5-1-2-6-10)9-4-3-7-12-8-9/h9,11H,1-8H2. The summed E-state index contributed by atoms with van der Waals surface area (Å²) in [5, 5.41) is 10.3. The first-order chi connectivity index (χ1) is 5.81. The predicted molar refractivity (Wildman–Crippen MR) is 53.5 cm³/mol. The van der Waals surface area contributed by atoms with Crippen LogP contribution >= 0.6 is 11.8 Å². The smallest absolute Gasteiger partial charge is 0.0683 e. The summed E-state index contributed by atoms with van der Waals surface area (Å²) in [4.78, 5) is 0. The summed E-state index contributed by atoms with van der Waals surface area (Å²) in [5.41, 5.74) is -0.257.